The number of piperazine rings is 1. The van der Waals surface area contributed by atoms with Gasteiger partial charge in [0.15, 0.2) is 0 Å². The molecule has 158 valence electrons. The van der Waals surface area contributed by atoms with Gasteiger partial charge in [0.2, 0.25) is 0 Å². The Kier molecular flexibility index (Phi) is 6.89. The molecular weight excluding hydrogens is 406 g/mol. The molecule has 2 atom stereocenters. The lowest BCUT2D eigenvalue weighted by atomic mass is 9.94. The van der Waals surface area contributed by atoms with Gasteiger partial charge >= 0.3 is 0 Å². The molecule has 3 aromatic rings. The quantitative estimate of drug-likeness (QED) is 0.596. The number of hydrogen-bond acceptors (Lipinski definition) is 4. The number of halogens is 1. The number of aliphatic hydroxyl groups excluding tert-OH is 1. The summed E-state index contributed by atoms with van der Waals surface area (Å²) in [7, 11) is 0. The van der Waals surface area contributed by atoms with Crippen LogP contribution in [0.2, 0.25) is 5.02 Å². The smallest absolute Gasteiger partial charge is 0.0960 e. The van der Waals surface area contributed by atoms with Gasteiger partial charge in [0, 0.05) is 43.4 Å². The van der Waals surface area contributed by atoms with Crippen LogP contribution in [0.15, 0.2) is 78.9 Å². The van der Waals surface area contributed by atoms with Crippen LogP contribution in [-0.2, 0) is 0 Å². The zero-order valence-corrected chi connectivity index (χ0v) is 18.1. The van der Waals surface area contributed by atoms with Crippen LogP contribution in [0.25, 0.3) is 11.1 Å². The van der Waals surface area contributed by atoms with E-state index in [4.69, 9.17) is 11.6 Å². The Morgan fingerprint density at radius 1 is 0.871 bits per heavy atom. The molecule has 1 N–H and O–H groups in total. The normalized spacial score (nSPS) is 16.5. The maximum absolute atomic E-state index is 10.9. The fraction of sp³-hybridized carbons (Fsp3) is 0.269. The van der Waals surface area contributed by atoms with E-state index < -0.39 is 12.0 Å². The molecule has 31 heavy (non-hydrogen) atoms. The number of nitrogens with zero attached hydrogens (tertiary/aromatic N) is 3. The van der Waals surface area contributed by atoms with E-state index >= 15 is 0 Å². The monoisotopic (exact) mass is 431 g/mol. The van der Waals surface area contributed by atoms with Crippen LogP contribution in [0, 0.1) is 17.2 Å². The Morgan fingerprint density at radius 3 is 2.19 bits per heavy atom. The third kappa shape index (κ3) is 5.26. The highest BCUT2D eigenvalue weighted by molar-refractivity contribution is 6.30. The van der Waals surface area contributed by atoms with E-state index in [2.05, 4.69) is 34.1 Å². The second kappa shape index (κ2) is 9.98. The molecule has 0 spiro atoms. The fourth-order valence-electron chi connectivity index (χ4n) is 4.09. The lowest BCUT2D eigenvalue weighted by molar-refractivity contribution is 0.104. The minimum Gasteiger partial charge on any atom is -0.387 e. The first-order valence-electron chi connectivity index (χ1n) is 10.6. The molecule has 4 nitrogen and oxygen atoms in total. The molecule has 0 saturated carbocycles. The number of benzene rings is 3. The van der Waals surface area contributed by atoms with Crippen molar-refractivity contribution in [2.24, 2.45) is 5.92 Å². The number of nitriles is 1. The molecule has 0 aliphatic carbocycles. The molecule has 0 aromatic heterocycles. The average Bonchev–Trinajstić information content (AvgIpc) is 2.83. The third-order valence-electron chi connectivity index (χ3n) is 5.91. The second-order valence-electron chi connectivity index (χ2n) is 7.94. The third-order valence-corrected chi connectivity index (χ3v) is 6.14. The van der Waals surface area contributed by atoms with Crippen LogP contribution < -0.4 is 4.90 Å². The Bertz CT molecular complexity index is 1020. The topological polar surface area (TPSA) is 50.5 Å². The number of hydrogen-bond donors (Lipinski definition) is 1. The average molecular weight is 432 g/mol. The van der Waals surface area contributed by atoms with Crippen molar-refractivity contribution in [3.8, 4) is 17.2 Å². The van der Waals surface area contributed by atoms with Crippen LogP contribution in [0.3, 0.4) is 0 Å². The molecule has 1 fully saturated rings. The number of anilines is 1. The van der Waals surface area contributed by atoms with Gasteiger partial charge < -0.3 is 10.0 Å². The van der Waals surface area contributed by atoms with Crippen molar-refractivity contribution in [3.05, 3.63) is 89.4 Å². The van der Waals surface area contributed by atoms with E-state index in [1.165, 1.54) is 0 Å². The van der Waals surface area contributed by atoms with Gasteiger partial charge in [0.25, 0.3) is 0 Å². The van der Waals surface area contributed by atoms with Gasteiger partial charge in [-0.2, -0.15) is 5.26 Å². The summed E-state index contributed by atoms with van der Waals surface area (Å²) in [5, 5.41) is 21.3. The molecular formula is C26H26ClN3O. The molecule has 1 heterocycles. The van der Waals surface area contributed by atoms with Gasteiger partial charge in [-0.15, -0.1) is 0 Å². The fourth-order valence-corrected chi connectivity index (χ4v) is 4.27. The van der Waals surface area contributed by atoms with Gasteiger partial charge in [-0.3, -0.25) is 4.90 Å². The first kappa shape index (κ1) is 21.4. The molecule has 1 aliphatic rings. The maximum atomic E-state index is 10.9. The summed E-state index contributed by atoms with van der Waals surface area (Å²) in [5.74, 6) is -0.472. The van der Waals surface area contributed by atoms with Gasteiger partial charge in [-0.05, 0) is 34.9 Å². The summed E-state index contributed by atoms with van der Waals surface area (Å²) < 4.78 is 0. The summed E-state index contributed by atoms with van der Waals surface area (Å²) in [6.45, 7) is 4.01. The molecule has 0 amide bonds. The van der Waals surface area contributed by atoms with Gasteiger partial charge in [-0.25, -0.2) is 0 Å². The summed E-state index contributed by atoms with van der Waals surface area (Å²) in [5.41, 5.74) is 4.14. The zero-order chi connectivity index (χ0) is 21.6. The van der Waals surface area contributed by atoms with Crippen LogP contribution in [0.1, 0.15) is 11.7 Å². The van der Waals surface area contributed by atoms with Crippen LogP contribution in [0.4, 0.5) is 5.69 Å². The molecule has 1 aliphatic heterocycles. The van der Waals surface area contributed by atoms with Crippen LogP contribution in [0.5, 0.6) is 0 Å². The van der Waals surface area contributed by atoms with E-state index in [1.54, 1.807) is 0 Å². The predicted octanol–water partition coefficient (Wildman–Crippen LogP) is 5.00. The minimum absolute atomic E-state index is 0.472. The summed E-state index contributed by atoms with van der Waals surface area (Å²) >= 11 is 6.12. The first-order chi connectivity index (χ1) is 15.1. The van der Waals surface area contributed by atoms with Crippen molar-refractivity contribution >= 4 is 17.3 Å². The van der Waals surface area contributed by atoms with Crippen molar-refractivity contribution in [1.29, 1.82) is 5.26 Å². The molecule has 4 rings (SSSR count). The predicted molar refractivity (Wildman–Crippen MR) is 126 cm³/mol. The molecule has 0 radical (unpaired) electrons. The van der Waals surface area contributed by atoms with Crippen molar-refractivity contribution in [1.82, 2.24) is 4.90 Å². The molecule has 1 saturated heterocycles. The lowest BCUT2D eigenvalue weighted by Crippen LogP contribution is -2.48. The van der Waals surface area contributed by atoms with Crippen molar-refractivity contribution in [3.63, 3.8) is 0 Å². The van der Waals surface area contributed by atoms with Gasteiger partial charge in [0.1, 0.15) is 0 Å². The first-order valence-corrected chi connectivity index (χ1v) is 11.0. The lowest BCUT2D eigenvalue weighted by Gasteiger charge is -2.37. The Hall–Kier alpha value is -2.84. The highest BCUT2D eigenvalue weighted by Gasteiger charge is 2.26. The van der Waals surface area contributed by atoms with Gasteiger partial charge in [0.05, 0.1) is 18.1 Å². The summed E-state index contributed by atoms with van der Waals surface area (Å²) in [6, 6.07) is 28.2. The van der Waals surface area contributed by atoms with Gasteiger partial charge in [-0.1, -0.05) is 72.3 Å². The largest absolute Gasteiger partial charge is 0.387 e. The highest BCUT2D eigenvalue weighted by atomic mass is 35.5. The zero-order valence-electron chi connectivity index (χ0n) is 17.4. The molecule has 0 bridgehead atoms. The second-order valence-corrected chi connectivity index (χ2v) is 8.37. The molecule has 3 aromatic carbocycles. The number of rotatable bonds is 6. The summed E-state index contributed by atoms with van der Waals surface area (Å²) in [6.07, 6.45) is -0.805. The van der Waals surface area contributed by atoms with Crippen LogP contribution >= 0.6 is 11.6 Å². The Balaban J connectivity index is 1.35. The Morgan fingerprint density at radius 2 is 1.55 bits per heavy atom. The Labute approximate surface area is 188 Å². The van der Waals surface area contributed by atoms with E-state index in [-0.39, 0.29) is 0 Å². The van der Waals surface area contributed by atoms with E-state index in [9.17, 15) is 10.4 Å². The SMILES string of the molecule is N#C[C@H](CN1CCN(c2cccc(Cl)c2)CC1)[C@@H](O)c1ccc(-c2ccccc2)cc1. The van der Waals surface area contributed by atoms with Crippen molar-refractivity contribution < 1.29 is 5.11 Å². The maximum Gasteiger partial charge on any atom is 0.0960 e. The number of aliphatic hydroxyl groups is 1. The van der Waals surface area contributed by atoms with Crippen molar-refractivity contribution in [2.45, 2.75) is 6.10 Å². The van der Waals surface area contributed by atoms with Crippen LogP contribution in [-0.4, -0.2) is 42.7 Å². The molecule has 0 unspecified atom stereocenters. The minimum atomic E-state index is -0.805. The highest BCUT2D eigenvalue weighted by Crippen LogP contribution is 2.27. The van der Waals surface area contributed by atoms with E-state index in [1.807, 2.05) is 60.7 Å². The summed E-state index contributed by atoms with van der Waals surface area (Å²) in [4.78, 5) is 4.57. The standard InChI is InChI=1S/C26H26ClN3O/c27-24-7-4-8-25(17-24)30-15-13-29(14-16-30)19-23(18-28)26(31)22-11-9-21(10-12-22)20-5-2-1-3-6-20/h1-12,17,23,26,31H,13-16,19H2/t23-,26+/m1/s1. The van der Waals surface area contributed by atoms with E-state index in [0.29, 0.717) is 6.54 Å². The molecule has 5 heteroatoms. The van der Waals surface area contributed by atoms with E-state index in [0.717, 1.165) is 53.6 Å². The van der Waals surface area contributed by atoms with Crippen molar-refractivity contribution in [2.75, 3.05) is 37.6 Å².